The number of pyridine rings is 1. The molecule has 2 fully saturated rings. The second-order valence-corrected chi connectivity index (χ2v) is 8.71. The number of fused-ring (bicyclic) bond motifs is 1. The zero-order valence-electron chi connectivity index (χ0n) is 18.6. The van der Waals surface area contributed by atoms with E-state index in [0.717, 1.165) is 28.7 Å². The molecule has 0 spiro atoms. The van der Waals surface area contributed by atoms with Crippen molar-refractivity contribution in [1.29, 1.82) is 0 Å². The minimum absolute atomic E-state index is 0.0623. The van der Waals surface area contributed by atoms with Crippen LogP contribution < -0.4 is 19.5 Å². The van der Waals surface area contributed by atoms with E-state index < -0.39 is 0 Å². The van der Waals surface area contributed by atoms with Crippen LogP contribution in [0.15, 0.2) is 30.6 Å². The normalized spacial score (nSPS) is 19.1. The number of imidazole rings is 1. The molecule has 1 N–H and O–H groups in total. The van der Waals surface area contributed by atoms with E-state index >= 15 is 0 Å². The first-order chi connectivity index (χ1) is 15.6. The molecule has 8 heteroatoms. The molecule has 1 saturated carbocycles. The SMILES string of the molecule is COc1ccc(-c2cc3ncn(C)c3c(OC(CC3CC3)C3CNC(=O)C3)n2)cc1OC. The number of carbonyl (C=O) groups is 1. The van der Waals surface area contributed by atoms with E-state index in [4.69, 9.17) is 19.2 Å². The third-order valence-corrected chi connectivity index (χ3v) is 6.40. The van der Waals surface area contributed by atoms with Gasteiger partial charge in [-0.15, -0.1) is 0 Å². The lowest BCUT2D eigenvalue weighted by Crippen LogP contribution is -2.30. The van der Waals surface area contributed by atoms with Gasteiger partial charge in [0.05, 0.1) is 31.8 Å². The van der Waals surface area contributed by atoms with E-state index in [9.17, 15) is 4.79 Å². The molecule has 1 saturated heterocycles. The maximum Gasteiger partial charge on any atom is 0.241 e. The number of rotatable bonds is 8. The van der Waals surface area contributed by atoms with Gasteiger partial charge in [0, 0.05) is 31.5 Å². The van der Waals surface area contributed by atoms with E-state index in [1.165, 1.54) is 12.8 Å². The van der Waals surface area contributed by atoms with Crippen LogP contribution in [0.2, 0.25) is 0 Å². The molecule has 3 heterocycles. The Hall–Kier alpha value is -3.29. The Labute approximate surface area is 186 Å². The number of aryl methyl sites for hydroxylation is 1. The highest BCUT2D eigenvalue weighted by atomic mass is 16.5. The number of carbonyl (C=O) groups excluding carboxylic acids is 1. The van der Waals surface area contributed by atoms with Gasteiger partial charge in [-0.05, 0) is 36.6 Å². The maximum absolute atomic E-state index is 11.9. The van der Waals surface area contributed by atoms with Crippen molar-refractivity contribution < 1.29 is 19.0 Å². The van der Waals surface area contributed by atoms with Crippen molar-refractivity contribution >= 4 is 16.9 Å². The van der Waals surface area contributed by atoms with Crippen LogP contribution in [0.5, 0.6) is 17.4 Å². The van der Waals surface area contributed by atoms with Crippen molar-refractivity contribution in [1.82, 2.24) is 19.9 Å². The Morgan fingerprint density at radius 2 is 2.00 bits per heavy atom. The van der Waals surface area contributed by atoms with Crippen molar-refractivity contribution in [2.45, 2.75) is 31.8 Å². The largest absolute Gasteiger partial charge is 0.493 e. The van der Waals surface area contributed by atoms with Crippen molar-refractivity contribution in [3.8, 4) is 28.6 Å². The molecule has 8 nitrogen and oxygen atoms in total. The van der Waals surface area contributed by atoms with Gasteiger partial charge in [-0.25, -0.2) is 9.97 Å². The predicted molar refractivity (Wildman–Crippen MR) is 120 cm³/mol. The first-order valence-electron chi connectivity index (χ1n) is 11.0. The van der Waals surface area contributed by atoms with Gasteiger partial charge < -0.3 is 24.1 Å². The summed E-state index contributed by atoms with van der Waals surface area (Å²) in [4.78, 5) is 21.3. The predicted octanol–water partition coefficient (Wildman–Crippen LogP) is 3.34. The standard InChI is InChI=1S/C24H28N4O4/c1-28-13-26-18-11-17(15-6-7-19(30-2)21(9-15)31-3)27-24(23(18)28)32-20(8-14-4-5-14)16-10-22(29)25-12-16/h6-7,9,11,13-14,16,20H,4-5,8,10,12H2,1-3H3,(H,25,29). The minimum Gasteiger partial charge on any atom is -0.493 e. The highest BCUT2D eigenvalue weighted by molar-refractivity contribution is 5.85. The fourth-order valence-corrected chi connectivity index (χ4v) is 4.42. The third-order valence-electron chi connectivity index (χ3n) is 6.40. The number of hydrogen-bond acceptors (Lipinski definition) is 6. The minimum atomic E-state index is -0.0623. The zero-order chi connectivity index (χ0) is 22.2. The Kier molecular flexibility index (Phi) is 5.36. The number of nitrogens with zero attached hydrogens (tertiary/aromatic N) is 3. The second-order valence-electron chi connectivity index (χ2n) is 8.71. The number of benzene rings is 1. The molecule has 0 radical (unpaired) electrons. The smallest absolute Gasteiger partial charge is 0.241 e. The Morgan fingerprint density at radius 3 is 2.69 bits per heavy atom. The molecule has 3 aromatic rings. The average molecular weight is 437 g/mol. The summed E-state index contributed by atoms with van der Waals surface area (Å²) in [5, 5.41) is 2.95. The zero-order valence-corrected chi connectivity index (χ0v) is 18.6. The van der Waals surface area contributed by atoms with E-state index in [1.54, 1.807) is 20.5 Å². The molecule has 32 heavy (non-hydrogen) atoms. The highest BCUT2D eigenvalue weighted by Crippen LogP contribution is 2.39. The fraction of sp³-hybridized carbons (Fsp3) is 0.458. The molecule has 2 aromatic heterocycles. The third kappa shape index (κ3) is 3.97. The lowest BCUT2D eigenvalue weighted by molar-refractivity contribution is -0.119. The van der Waals surface area contributed by atoms with E-state index in [-0.39, 0.29) is 17.9 Å². The van der Waals surface area contributed by atoms with Crippen LogP contribution in [0.25, 0.3) is 22.3 Å². The molecular formula is C24H28N4O4. The summed E-state index contributed by atoms with van der Waals surface area (Å²) in [5.41, 5.74) is 3.30. The molecule has 1 aromatic carbocycles. The number of aromatic nitrogens is 3. The summed E-state index contributed by atoms with van der Waals surface area (Å²) >= 11 is 0. The first-order valence-corrected chi connectivity index (χ1v) is 11.0. The van der Waals surface area contributed by atoms with Gasteiger partial charge in [0.2, 0.25) is 11.8 Å². The maximum atomic E-state index is 11.9. The molecule has 168 valence electrons. The van der Waals surface area contributed by atoms with Crippen molar-refractivity contribution in [2.24, 2.45) is 18.9 Å². The van der Waals surface area contributed by atoms with Gasteiger partial charge in [-0.1, -0.05) is 12.8 Å². The molecule has 1 aliphatic carbocycles. The molecule has 2 aliphatic rings. The van der Waals surface area contributed by atoms with Crippen molar-refractivity contribution in [3.05, 3.63) is 30.6 Å². The molecule has 5 rings (SSSR count). The molecule has 2 atom stereocenters. The van der Waals surface area contributed by atoms with E-state index in [1.807, 2.05) is 35.9 Å². The summed E-state index contributed by atoms with van der Waals surface area (Å²) in [7, 11) is 5.17. The molecule has 1 aliphatic heterocycles. The number of ether oxygens (including phenoxy) is 3. The van der Waals surface area contributed by atoms with Crippen LogP contribution in [-0.4, -0.2) is 47.3 Å². The van der Waals surface area contributed by atoms with Gasteiger partial charge in [-0.3, -0.25) is 4.79 Å². The van der Waals surface area contributed by atoms with Crippen molar-refractivity contribution in [2.75, 3.05) is 20.8 Å². The van der Waals surface area contributed by atoms with Gasteiger partial charge in [-0.2, -0.15) is 0 Å². The molecule has 1 amide bonds. The summed E-state index contributed by atoms with van der Waals surface area (Å²) in [5.74, 6) is 2.77. The lowest BCUT2D eigenvalue weighted by Gasteiger charge is -2.24. The van der Waals surface area contributed by atoms with Crippen LogP contribution in [-0.2, 0) is 11.8 Å². The quantitative estimate of drug-likeness (QED) is 0.583. The van der Waals surface area contributed by atoms with Crippen LogP contribution in [0.3, 0.4) is 0 Å². The van der Waals surface area contributed by atoms with Gasteiger partial charge in [0.15, 0.2) is 11.5 Å². The average Bonchev–Trinajstić information content (AvgIpc) is 3.39. The number of hydrogen-bond donors (Lipinski definition) is 1. The topological polar surface area (TPSA) is 87.5 Å². The van der Waals surface area contributed by atoms with E-state index in [2.05, 4.69) is 10.3 Å². The van der Waals surface area contributed by atoms with Crippen molar-refractivity contribution in [3.63, 3.8) is 0 Å². The highest BCUT2D eigenvalue weighted by Gasteiger charge is 2.36. The number of nitrogens with one attached hydrogen (secondary N) is 1. The van der Waals surface area contributed by atoms with Gasteiger partial charge in [0.1, 0.15) is 11.6 Å². The number of amides is 1. The van der Waals surface area contributed by atoms with Crippen LogP contribution in [0.1, 0.15) is 25.7 Å². The second kappa shape index (κ2) is 8.33. The van der Waals surface area contributed by atoms with E-state index in [0.29, 0.717) is 36.3 Å². The van der Waals surface area contributed by atoms with Crippen LogP contribution in [0, 0.1) is 11.8 Å². The summed E-state index contributed by atoms with van der Waals surface area (Å²) in [6, 6.07) is 7.68. The Morgan fingerprint density at radius 1 is 1.19 bits per heavy atom. The molecular weight excluding hydrogens is 408 g/mol. The van der Waals surface area contributed by atoms with Gasteiger partial charge in [0.25, 0.3) is 0 Å². The van der Waals surface area contributed by atoms with Crippen LogP contribution in [0.4, 0.5) is 0 Å². The Bertz CT molecular complexity index is 1150. The Balaban J connectivity index is 1.54. The number of methoxy groups -OCH3 is 2. The monoisotopic (exact) mass is 436 g/mol. The molecule has 2 unspecified atom stereocenters. The first kappa shape index (κ1) is 20.6. The lowest BCUT2D eigenvalue weighted by atomic mass is 9.96. The summed E-state index contributed by atoms with van der Waals surface area (Å²) in [6.45, 7) is 0.653. The van der Waals surface area contributed by atoms with Crippen LogP contribution >= 0.6 is 0 Å². The molecule has 0 bridgehead atoms. The van der Waals surface area contributed by atoms with Gasteiger partial charge >= 0.3 is 0 Å². The summed E-state index contributed by atoms with van der Waals surface area (Å²) in [6.07, 6.45) is 5.62. The summed E-state index contributed by atoms with van der Waals surface area (Å²) < 4.78 is 19.4. The fourth-order valence-electron chi connectivity index (χ4n) is 4.42.